The molecule has 1 heterocycles. The first-order valence-corrected chi connectivity index (χ1v) is 9.99. The molecule has 0 aromatic heterocycles. The Hall–Kier alpha value is -2.32. The number of hydrogen-bond donors (Lipinski definition) is 1. The molecule has 3 rings (SSSR count). The third-order valence-corrected chi connectivity index (χ3v) is 4.86. The summed E-state index contributed by atoms with van der Waals surface area (Å²) in [6.07, 6.45) is 1.51. The number of nitrogens with one attached hydrogen (secondary N) is 1. The monoisotopic (exact) mass is 452 g/mol. The van der Waals surface area contributed by atoms with Crippen molar-refractivity contribution >= 4 is 35.3 Å². The molecule has 2 aromatic carbocycles. The standard InChI is InChI=1S/C21H22Cl2N2O5/c1-21(29-7-8-30-21)11-19(26)25-24-12-15-9-17(23)20(18(10-15)27-2)28-13-14-3-5-16(22)6-4-14/h3-6,9-10,12H,7-8,11,13H2,1-2H3,(H,25,26)/b24-12-. The van der Waals surface area contributed by atoms with Crippen LogP contribution in [0.15, 0.2) is 41.5 Å². The van der Waals surface area contributed by atoms with Crippen molar-refractivity contribution in [2.75, 3.05) is 20.3 Å². The predicted octanol–water partition coefficient (Wildman–Crippen LogP) is 4.18. The van der Waals surface area contributed by atoms with Gasteiger partial charge in [0.05, 0.1) is 38.0 Å². The highest BCUT2D eigenvalue weighted by molar-refractivity contribution is 6.32. The van der Waals surface area contributed by atoms with Crippen LogP contribution in [0.25, 0.3) is 0 Å². The van der Waals surface area contributed by atoms with E-state index in [-0.39, 0.29) is 12.3 Å². The molecule has 1 aliphatic heterocycles. The number of carbonyl (C=O) groups excluding carboxylic acids is 1. The van der Waals surface area contributed by atoms with E-state index in [1.165, 1.54) is 13.3 Å². The van der Waals surface area contributed by atoms with Crippen LogP contribution in [0.2, 0.25) is 10.0 Å². The number of hydrazone groups is 1. The highest BCUT2D eigenvalue weighted by atomic mass is 35.5. The van der Waals surface area contributed by atoms with Gasteiger partial charge in [-0.2, -0.15) is 5.10 Å². The molecule has 1 amide bonds. The second-order valence-electron chi connectivity index (χ2n) is 6.75. The molecule has 0 radical (unpaired) electrons. The molecule has 7 nitrogen and oxygen atoms in total. The van der Waals surface area contributed by atoms with Crippen LogP contribution in [0.3, 0.4) is 0 Å². The molecule has 0 aliphatic carbocycles. The van der Waals surface area contributed by atoms with E-state index in [9.17, 15) is 4.79 Å². The lowest BCUT2D eigenvalue weighted by Gasteiger charge is -2.20. The molecule has 2 aromatic rings. The number of benzene rings is 2. The lowest BCUT2D eigenvalue weighted by atomic mass is 10.2. The molecule has 0 bridgehead atoms. The first-order chi connectivity index (χ1) is 14.4. The highest BCUT2D eigenvalue weighted by Crippen LogP contribution is 2.36. The summed E-state index contributed by atoms with van der Waals surface area (Å²) in [7, 11) is 1.52. The second kappa shape index (κ2) is 10.1. The maximum Gasteiger partial charge on any atom is 0.245 e. The molecule has 0 spiro atoms. The number of ether oxygens (including phenoxy) is 4. The van der Waals surface area contributed by atoms with E-state index in [0.29, 0.717) is 46.9 Å². The van der Waals surface area contributed by atoms with E-state index < -0.39 is 5.79 Å². The third kappa shape index (κ3) is 6.09. The fourth-order valence-corrected chi connectivity index (χ4v) is 3.26. The molecule has 0 saturated carbocycles. The van der Waals surface area contributed by atoms with Crippen molar-refractivity contribution < 1.29 is 23.7 Å². The van der Waals surface area contributed by atoms with Crippen LogP contribution in [0, 0.1) is 0 Å². The Balaban J connectivity index is 1.61. The number of hydrogen-bond acceptors (Lipinski definition) is 6. The van der Waals surface area contributed by atoms with Gasteiger partial charge in [-0.25, -0.2) is 5.43 Å². The van der Waals surface area contributed by atoms with Gasteiger partial charge in [-0.05, 0) is 42.3 Å². The predicted molar refractivity (Wildman–Crippen MR) is 114 cm³/mol. The average Bonchev–Trinajstić information content (AvgIpc) is 3.13. The Morgan fingerprint density at radius 2 is 1.93 bits per heavy atom. The molecular weight excluding hydrogens is 431 g/mol. The summed E-state index contributed by atoms with van der Waals surface area (Å²) in [5.74, 6) is -0.366. The van der Waals surface area contributed by atoms with Crippen molar-refractivity contribution in [3.8, 4) is 11.5 Å². The molecule has 1 aliphatic rings. The maximum atomic E-state index is 12.0. The van der Waals surface area contributed by atoms with Gasteiger partial charge in [0.15, 0.2) is 17.3 Å². The summed E-state index contributed by atoms with van der Waals surface area (Å²) in [4.78, 5) is 12.0. The Labute approximate surface area is 184 Å². The summed E-state index contributed by atoms with van der Waals surface area (Å²) in [6, 6.07) is 10.7. The molecular formula is C21H22Cl2N2O5. The third-order valence-electron chi connectivity index (χ3n) is 4.33. The van der Waals surface area contributed by atoms with Gasteiger partial charge in [-0.3, -0.25) is 4.79 Å². The Morgan fingerprint density at radius 1 is 1.23 bits per heavy atom. The van der Waals surface area contributed by atoms with Crippen LogP contribution < -0.4 is 14.9 Å². The lowest BCUT2D eigenvalue weighted by molar-refractivity contribution is -0.159. The number of methoxy groups -OCH3 is 1. The van der Waals surface area contributed by atoms with Gasteiger partial charge in [-0.15, -0.1) is 0 Å². The lowest BCUT2D eigenvalue weighted by Crippen LogP contribution is -2.33. The largest absolute Gasteiger partial charge is 0.493 e. The van der Waals surface area contributed by atoms with Gasteiger partial charge in [0.25, 0.3) is 0 Å². The van der Waals surface area contributed by atoms with Gasteiger partial charge < -0.3 is 18.9 Å². The van der Waals surface area contributed by atoms with Crippen molar-refractivity contribution in [1.29, 1.82) is 0 Å². The van der Waals surface area contributed by atoms with Crippen LogP contribution in [-0.4, -0.2) is 38.2 Å². The van der Waals surface area contributed by atoms with Crippen molar-refractivity contribution in [2.45, 2.75) is 25.7 Å². The van der Waals surface area contributed by atoms with Crippen molar-refractivity contribution in [1.82, 2.24) is 5.43 Å². The molecule has 0 atom stereocenters. The molecule has 0 unspecified atom stereocenters. The quantitative estimate of drug-likeness (QED) is 0.479. The maximum absolute atomic E-state index is 12.0. The Morgan fingerprint density at radius 3 is 2.60 bits per heavy atom. The van der Waals surface area contributed by atoms with Crippen LogP contribution in [0.1, 0.15) is 24.5 Å². The molecule has 9 heteroatoms. The number of rotatable bonds is 8. The highest BCUT2D eigenvalue weighted by Gasteiger charge is 2.33. The van der Waals surface area contributed by atoms with Gasteiger partial charge >= 0.3 is 0 Å². The number of halogens is 2. The fraction of sp³-hybridized carbons (Fsp3) is 0.333. The fourth-order valence-electron chi connectivity index (χ4n) is 2.86. The zero-order valence-electron chi connectivity index (χ0n) is 16.6. The Kier molecular flexibility index (Phi) is 7.55. The van der Waals surface area contributed by atoms with Crippen LogP contribution in [-0.2, 0) is 20.9 Å². The van der Waals surface area contributed by atoms with Crippen LogP contribution in [0.4, 0.5) is 0 Å². The van der Waals surface area contributed by atoms with Crippen LogP contribution in [0.5, 0.6) is 11.5 Å². The molecule has 160 valence electrons. The minimum atomic E-state index is -0.908. The van der Waals surface area contributed by atoms with Gasteiger partial charge in [0, 0.05) is 5.02 Å². The molecule has 1 N–H and O–H groups in total. The number of amides is 1. The molecule has 30 heavy (non-hydrogen) atoms. The minimum absolute atomic E-state index is 0.0475. The van der Waals surface area contributed by atoms with Crippen molar-refractivity contribution in [2.24, 2.45) is 5.10 Å². The molecule has 1 fully saturated rings. The van der Waals surface area contributed by atoms with Gasteiger partial charge in [0.2, 0.25) is 5.91 Å². The summed E-state index contributed by atoms with van der Waals surface area (Å²) in [6.45, 7) is 2.96. The van der Waals surface area contributed by atoms with Crippen molar-refractivity contribution in [3.63, 3.8) is 0 Å². The number of nitrogens with zero attached hydrogens (tertiary/aromatic N) is 1. The van der Waals surface area contributed by atoms with E-state index in [0.717, 1.165) is 5.56 Å². The van der Waals surface area contributed by atoms with Crippen molar-refractivity contribution in [3.05, 3.63) is 57.6 Å². The van der Waals surface area contributed by atoms with Gasteiger partial charge in [0.1, 0.15) is 6.61 Å². The van der Waals surface area contributed by atoms with E-state index in [1.807, 2.05) is 12.1 Å². The summed E-state index contributed by atoms with van der Waals surface area (Å²) < 4.78 is 22.0. The van der Waals surface area contributed by atoms with Gasteiger partial charge in [-0.1, -0.05) is 35.3 Å². The summed E-state index contributed by atoms with van der Waals surface area (Å²) >= 11 is 12.3. The normalized spacial score (nSPS) is 15.3. The van der Waals surface area contributed by atoms with E-state index >= 15 is 0 Å². The van der Waals surface area contributed by atoms with E-state index in [4.69, 9.17) is 42.1 Å². The second-order valence-corrected chi connectivity index (χ2v) is 7.59. The van der Waals surface area contributed by atoms with E-state index in [1.54, 1.807) is 31.2 Å². The minimum Gasteiger partial charge on any atom is -0.493 e. The smallest absolute Gasteiger partial charge is 0.245 e. The average molecular weight is 453 g/mol. The van der Waals surface area contributed by atoms with Crippen LogP contribution >= 0.6 is 23.2 Å². The zero-order chi connectivity index (χ0) is 21.6. The van der Waals surface area contributed by atoms with E-state index in [2.05, 4.69) is 10.5 Å². The SMILES string of the molecule is COc1cc(/C=N\NC(=O)CC2(C)OCCO2)cc(Cl)c1OCc1ccc(Cl)cc1. The topological polar surface area (TPSA) is 78.4 Å². The number of carbonyl (C=O) groups is 1. The Bertz CT molecular complexity index is 912. The summed E-state index contributed by atoms with van der Waals surface area (Å²) in [5.41, 5.74) is 4.02. The zero-order valence-corrected chi connectivity index (χ0v) is 18.1. The molecule has 1 saturated heterocycles. The first kappa shape index (κ1) is 22.4. The first-order valence-electron chi connectivity index (χ1n) is 9.23. The summed E-state index contributed by atoms with van der Waals surface area (Å²) in [5, 5.41) is 4.97.